The Morgan fingerprint density at radius 2 is 2.07 bits per heavy atom. The Morgan fingerprint density at radius 1 is 1.26 bits per heavy atom. The minimum atomic E-state index is -0.468. The number of ether oxygens (including phenoxy) is 1. The first kappa shape index (κ1) is 18.1. The third-order valence-electron chi connectivity index (χ3n) is 4.90. The molecule has 2 aliphatic heterocycles. The molecule has 142 valence electrons. The molecule has 0 spiro atoms. The van der Waals surface area contributed by atoms with Gasteiger partial charge in [0.25, 0.3) is 0 Å². The normalized spacial score (nSPS) is 17.0. The molecular weight excluding hydrogens is 371 g/mol. The van der Waals surface area contributed by atoms with Gasteiger partial charge in [0.05, 0.1) is 19.6 Å². The summed E-state index contributed by atoms with van der Waals surface area (Å²) in [5, 5.41) is 0.261. The molecule has 8 heteroatoms. The van der Waals surface area contributed by atoms with Crippen molar-refractivity contribution < 1.29 is 13.9 Å². The van der Waals surface area contributed by atoms with E-state index < -0.39 is 5.82 Å². The van der Waals surface area contributed by atoms with Crippen molar-refractivity contribution in [1.29, 1.82) is 0 Å². The van der Waals surface area contributed by atoms with E-state index in [9.17, 15) is 9.18 Å². The van der Waals surface area contributed by atoms with Gasteiger partial charge in [0.1, 0.15) is 11.6 Å². The fourth-order valence-electron chi connectivity index (χ4n) is 3.44. The quantitative estimate of drug-likeness (QED) is 0.806. The number of aromatic nitrogens is 2. The maximum absolute atomic E-state index is 14.1. The van der Waals surface area contributed by atoms with Crippen LogP contribution < -0.4 is 9.80 Å². The van der Waals surface area contributed by atoms with Gasteiger partial charge in [-0.25, -0.2) is 9.37 Å². The molecule has 1 saturated heterocycles. The van der Waals surface area contributed by atoms with Crippen LogP contribution in [0.3, 0.4) is 0 Å². The van der Waals surface area contributed by atoms with Gasteiger partial charge < -0.3 is 9.64 Å². The number of anilines is 2. The molecule has 0 bridgehead atoms. The molecule has 1 aromatic heterocycles. The fourth-order valence-corrected chi connectivity index (χ4v) is 3.67. The number of carbonyl (C=O) groups is 1. The number of amides is 1. The Labute approximate surface area is 161 Å². The summed E-state index contributed by atoms with van der Waals surface area (Å²) in [5.74, 6) is 0.537. The minimum absolute atomic E-state index is 0.0954. The second-order valence-electron chi connectivity index (χ2n) is 6.64. The number of nitrogens with zero attached hydrogens (tertiary/aromatic N) is 4. The van der Waals surface area contributed by atoms with Crippen molar-refractivity contribution in [2.24, 2.45) is 0 Å². The standard InChI is InChI=1S/C19H20ClFN4O2/c20-15-4-1-5-16(21)14(15)11-17(26)25-6-2-3-13-12-22-19(23-18(13)25)24-7-9-27-10-8-24/h1,4-5,12H,2-3,6-11H2. The van der Waals surface area contributed by atoms with Gasteiger partial charge in [-0.2, -0.15) is 4.98 Å². The lowest BCUT2D eigenvalue weighted by Crippen LogP contribution is -2.40. The second-order valence-corrected chi connectivity index (χ2v) is 7.05. The van der Waals surface area contributed by atoms with Gasteiger partial charge in [0.2, 0.25) is 11.9 Å². The second kappa shape index (κ2) is 7.78. The molecule has 27 heavy (non-hydrogen) atoms. The van der Waals surface area contributed by atoms with Crippen molar-refractivity contribution in [2.45, 2.75) is 19.3 Å². The summed E-state index contributed by atoms with van der Waals surface area (Å²) in [5.41, 5.74) is 1.16. The van der Waals surface area contributed by atoms with Crippen LogP contribution in [0, 0.1) is 5.82 Å². The molecule has 0 saturated carbocycles. The van der Waals surface area contributed by atoms with E-state index in [0.717, 1.165) is 31.5 Å². The summed E-state index contributed by atoms with van der Waals surface area (Å²) >= 11 is 6.08. The van der Waals surface area contributed by atoms with Gasteiger partial charge in [-0.1, -0.05) is 17.7 Å². The average molecular weight is 391 g/mol. The molecule has 2 aromatic rings. The maximum atomic E-state index is 14.1. The molecule has 6 nitrogen and oxygen atoms in total. The number of morpholine rings is 1. The predicted molar refractivity (Wildman–Crippen MR) is 101 cm³/mol. The average Bonchev–Trinajstić information content (AvgIpc) is 2.70. The Bertz CT molecular complexity index is 837. The number of aryl methyl sites for hydroxylation is 1. The molecule has 0 N–H and O–H groups in total. The van der Waals surface area contributed by atoms with Gasteiger partial charge in [-0.3, -0.25) is 9.69 Å². The number of hydrogen-bond donors (Lipinski definition) is 0. The van der Waals surface area contributed by atoms with Crippen molar-refractivity contribution in [3.63, 3.8) is 0 Å². The first-order chi connectivity index (χ1) is 13.1. The number of carbonyl (C=O) groups excluding carboxylic acids is 1. The van der Waals surface area contributed by atoms with E-state index in [1.165, 1.54) is 12.1 Å². The van der Waals surface area contributed by atoms with Crippen LogP contribution in [-0.2, 0) is 22.4 Å². The zero-order chi connectivity index (χ0) is 18.8. The number of benzene rings is 1. The summed E-state index contributed by atoms with van der Waals surface area (Å²) in [6.45, 7) is 3.26. The summed E-state index contributed by atoms with van der Waals surface area (Å²) < 4.78 is 19.5. The molecule has 1 fully saturated rings. The van der Waals surface area contributed by atoms with Gasteiger partial charge in [-0.05, 0) is 25.0 Å². The van der Waals surface area contributed by atoms with Crippen LogP contribution in [0.1, 0.15) is 17.5 Å². The van der Waals surface area contributed by atoms with E-state index in [0.29, 0.717) is 31.5 Å². The topological polar surface area (TPSA) is 58.6 Å². The fraction of sp³-hybridized carbons (Fsp3) is 0.421. The predicted octanol–water partition coefficient (Wildman–Crippen LogP) is 2.63. The Morgan fingerprint density at radius 3 is 2.85 bits per heavy atom. The van der Waals surface area contributed by atoms with Gasteiger partial charge in [0.15, 0.2) is 0 Å². The van der Waals surface area contributed by atoms with E-state index >= 15 is 0 Å². The zero-order valence-electron chi connectivity index (χ0n) is 14.8. The van der Waals surface area contributed by atoms with Crippen LogP contribution in [0.2, 0.25) is 5.02 Å². The van der Waals surface area contributed by atoms with Gasteiger partial charge in [-0.15, -0.1) is 0 Å². The molecule has 0 atom stereocenters. The number of halogens is 2. The summed E-state index contributed by atoms with van der Waals surface area (Å²) in [6.07, 6.45) is 3.34. The number of hydrogen-bond acceptors (Lipinski definition) is 5. The van der Waals surface area contributed by atoms with E-state index in [-0.39, 0.29) is 22.9 Å². The van der Waals surface area contributed by atoms with Crippen LogP contribution in [0.5, 0.6) is 0 Å². The highest BCUT2D eigenvalue weighted by molar-refractivity contribution is 6.31. The minimum Gasteiger partial charge on any atom is -0.378 e. The highest BCUT2D eigenvalue weighted by Crippen LogP contribution is 2.28. The van der Waals surface area contributed by atoms with Crippen molar-refractivity contribution in [2.75, 3.05) is 42.6 Å². The summed E-state index contributed by atoms with van der Waals surface area (Å²) in [4.78, 5) is 25.7. The molecule has 3 heterocycles. The highest BCUT2D eigenvalue weighted by Gasteiger charge is 2.27. The largest absolute Gasteiger partial charge is 0.378 e. The lowest BCUT2D eigenvalue weighted by atomic mass is 10.1. The third-order valence-corrected chi connectivity index (χ3v) is 5.25. The first-order valence-electron chi connectivity index (χ1n) is 9.05. The van der Waals surface area contributed by atoms with Crippen molar-refractivity contribution >= 4 is 29.3 Å². The summed E-state index contributed by atoms with van der Waals surface area (Å²) in [6, 6.07) is 4.44. The Balaban J connectivity index is 1.60. The molecule has 0 aliphatic carbocycles. The zero-order valence-corrected chi connectivity index (χ0v) is 15.6. The third kappa shape index (κ3) is 3.75. The lowest BCUT2D eigenvalue weighted by Gasteiger charge is -2.31. The van der Waals surface area contributed by atoms with Crippen LogP contribution >= 0.6 is 11.6 Å². The first-order valence-corrected chi connectivity index (χ1v) is 9.43. The molecule has 1 aromatic carbocycles. The van der Waals surface area contributed by atoms with Crippen molar-refractivity contribution in [1.82, 2.24) is 9.97 Å². The molecule has 0 unspecified atom stereocenters. The molecule has 0 radical (unpaired) electrons. The summed E-state index contributed by atoms with van der Waals surface area (Å²) in [7, 11) is 0. The monoisotopic (exact) mass is 390 g/mol. The Hall–Kier alpha value is -2.25. The van der Waals surface area contributed by atoms with E-state index in [1.807, 2.05) is 0 Å². The molecule has 2 aliphatic rings. The van der Waals surface area contributed by atoms with Crippen LogP contribution in [0.25, 0.3) is 0 Å². The van der Waals surface area contributed by atoms with Gasteiger partial charge in [0, 0.05) is 42.0 Å². The van der Waals surface area contributed by atoms with Crippen LogP contribution in [0.4, 0.5) is 16.2 Å². The maximum Gasteiger partial charge on any atom is 0.232 e. The number of fused-ring (bicyclic) bond motifs is 1. The molecule has 1 amide bonds. The van der Waals surface area contributed by atoms with E-state index in [2.05, 4.69) is 14.9 Å². The van der Waals surface area contributed by atoms with E-state index in [4.69, 9.17) is 16.3 Å². The van der Waals surface area contributed by atoms with Crippen LogP contribution in [-0.4, -0.2) is 48.7 Å². The smallest absolute Gasteiger partial charge is 0.232 e. The lowest BCUT2D eigenvalue weighted by molar-refractivity contribution is -0.118. The van der Waals surface area contributed by atoms with Gasteiger partial charge >= 0.3 is 0 Å². The van der Waals surface area contributed by atoms with E-state index in [1.54, 1.807) is 17.2 Å². The molecular formula is C19H20ClFN4O2. The Kier molecular flexibility index (Phi) is 5.22. The molecule has 4 rings (SSSR count). The number of rotatable bonds is 3. The van der Waals surface area contributed by atoms with Crippen LogP contribution in [0.15, 0.2) is 24.4 Å². The van der Waals surface area contributed by atoms with Crippen molar-refractivity contribution in [3.05, 3.63) is 46.4 Å². The highest BCUT2D eigenvalue weighted by atomic mass is 35.5. The SMILES string of the molecule is O=C(Cc1c(F)cccc1Cl)N1CCCc2cnc(N3CCOCC3)nc21. The van der Waals surface area contributed by atoms with Crippen molar-refractivity contribution in [3.8, 4) is 0 Å².